The van der Waals surface area contributed by atoms with Gasteiger partial charge < -0.3 is 5.43 Å². The molecular formula is C12H20N4O2S. The fourth-order valence-corrected chi connectivity index (χ4v) is 3.63. The Morgan fingerprint density at radius 1 is 1.42 bits per heavy atom. The van der Waals surface area contributed by atoms with Crippen molar-refractivity contribution in [3.8, 4) is 0 Å². The van der Waals surface area contributed by atoms with E-state index >= 15 is 0 Å². The molecule has 1 fully saturated rings. The van der Waals surface area contributed by atoms with Crippen molar-refractivity contribution in [1.29, 1.82) is 0 Å². The van der Waals surface area contributed by atoms with Crippen molar-refractivity contribution in [2.24, 2.45) is 11.3 Å². The van der Waals surface area contributed by atoms with Gasteiger partial charge in [0.05, 0.1) is 4.90 Å². The summed E-state index contributed by atoms with van der Waals surface area (Å²) in [5.74, 6) is 5.56. The average Bonchev–Trinajstić information content (AvgIpc) is 2.84. The van der Waals surface area contributed by atoms with E-state index < -0.39 is 10.0 Å². The molecule has 1 aliphatic carbocycles. The summed E-state index contributed by atoms with van der Waals surface area (Å²) in [5.41, 5.74) is 2.42. The maximum Gasteiger partial charge on any atom is 0.240 e. The topological polar surface area (TPSA) is 97.1 Å². The number of rotatable bonds is 5. The van der Waals surface area contributed by atoms with Crippen LogP contribution in [0.3, 0.4) is 0 Å². The van der Waals surface area contributed by atoms with Crippen LogP contribution in [0.4, 0.5) is 5.82 Å². The third-order valence-corrected chi connectivity index (χ3v) is 5.09. The van der Waals surface area contributed by atoms with Crippen molar-refractivity contribution in [3.63, 3.8) is 0 Å². The zero-order chi connectivity index (χ0) is 13.9. The zero-order valence-electron chi connectivity index (χ0n) is 11.0. The number of hydrogen-bond acceptors (Lipinski definition) is 5. The van der Waals surface area contributed by atoms with Gasteiger partial charge in [0.1, 0.15) is 5.82 Å². The molecule has 1 heterocycles. The predicted octanol–water partition coefficient (Wildman–Crippen LogP) is 1.23. The van der Waals surface area contributed by atoms with Crippen molar-refractivity contribution in [1.82, 2.24) is 9.71 Å². The van der Waals surface area contributed by atoms with E-state index in [2.05, 4.69) is 22.1 Å². The van der Waals surface area contributed by atoms with E-state index in [1.165, 1.54) is 31.2 Å². The molecule has 0 amide bonds. The number of nitrogens with one attached hydrogen (secondary N) is 2. The number of nitrogen functional groups attached to an aromatic ring is 1. The van der Waals surface area contributed by atoms with Gasteiger partial charge in [-0.1, -0.05) is 19.8 Å². The van der Waals surface area contributed by atoms with E-state index in [0.29, 0.717) is 12.4 Å². The number of hydrogen-bond donors (Lipinski definition) is 3. The fraction of sp³-hybridized carbons (Fsp3) is 0.583. The number of aromatic nitrogens is 1. The van der Waals surface area contributed by atoms with Crippen LogP contribution in [-0.2, 0) is 10.0 Å². The van der Waals surface area contributed by atoms with E-state index in [1.54, 1.807) is 0 Å². The molecule has 7 heteroatoms. The van der Waals surface area contributed by atoms with Crippen LogP contribution < -0.4 is 16.0 Å². The number of hydrazine groups is 1. The van der Waals surface area contributed by atoms with Crippen molar-refractivity contribution >= 4 is 15.8 Å². The highest BCUT2D eigenvalue weighted by molar-refractivity contribution is 7.89. The highest BCUT2D eigenvalue weighted by Gasteiger charge is 2.30. The monoisotopic (exact) mass is 284 g/mol. The SMILES string of the molecule is CC1(CNS(=O)(=O)c2ccnc(NN)c2)CCCC1. The molecule has 106 valence electrons. The van der Waals surface area contributed by atoms with E-state index in [9.17, 15) is 8.42 Å². The summed E-state index contributed by atoms with van der Waals surface area (Å²) >= 11 is 0. The first-order valence-corrected chi connectivity index (χ1v) is 7.86. The van der Waals surface area contributed by atoms with Crippen LogP contribution in [0.2, 0.25) is 0 Å². The Labute approximate surface area is 113 Å². The molecule has 6 nitrogen and oxygen atoms in total. The molecule has 0 bridgehead atoms. The number of anilines is 1. The molecule has 1 saturated carbocycles. The maximum atomic E-state index is 12.2. The fourth-order valence-electron chi connectivity index (χ4n) is 2.42. The quantitative estimate of drug-likeness (QED) is 0.558. The van der Waals surface area contributed by atoms with Gasteiger partial charge in [-0.3, -0.25) is 0 Å². The summed E-state index contributed by atoms with van der Waals surface area (Å²) in [5, 5.41) is 0. The molecule has 1 aromatic rings. The lowest BCUT2D eigenvalue weighted by molar-refractivity contribution is 0.336. The predicted molar refractivity (Wildman–Crippen MR) is 73.8 cm³/mol. The Morgan fingerprint density at radius 2 is 2.11 bits per heavy atom. The van der Waals surface area contributed by atoms with Crippen LogP contribution in [0.15, 0.2) is 23.2 Å². The van der Waals surface area contributed by atoms with Crippen molar-refractivity contribution < 1.29 is 8.42 Å². The Balaban J connectivity index is 2.09. The lowest BCUT2D eigenvalue weighted by Gasteiger charge is -2.23. The van der Waals surface area contributed by atoms with Crippen LogP contribution >= 0.6 is 0 Å². The highest BCUT2D eigenvalue weighted by Crippen LogP contribution is 2.36. The van der Waals surface area contributed by atoms with Gasteiger partial charge in [-0.05, 0) is 24.3 Å². The third-order valence-electron chi connectivity index (χ3n) is 3.69. The Bertz CT molecular complexity index is 538. The summed E-state index contributed by atoms with van der Waals surface area (Å²) < 4.78 is 27.1. The molecule has 0 aliphatic heterocycles. The van der Waals surface area contributed by atoms with Crippen LogP contribution in [0.25, 0.3) is 0 Å². The number of sulfonamides is 1. The molecule has 1 aliphatic rings. The Morgan fingerprint density at radius 3 is 2.74 bits per heavy atom. The lowest BCUT2D eigenvalue weighted by atomic mass is 9.89. The summed E-state index contributed by atoms with van der Waals surface area (Å²) in [6.45, 7) is 2.60. The van der Waals surface area contributed by atoms with Crippen LogP contribution in [-0.4, -0.2) is 19.9 Å². The third kappa shape index (κ3) is 3.43. The molecule has 2 rings (SSSR count). The number of pyridine rings is 1. The van der Waals surface area contributed by atoms with Gasteiger partial charge in [0.25, 0.3) is 0 Å². The molecule has 0 saturated heterocycles. The van der Waals surface area contributed by atoms with Crippen molar-refractivity contribution in [2.75, 3.05) is 12.0 Å². The second-order valence-corrected chi connectivity index (χ2v) is 7.13. The molecule has 19 heavy (non-hydrogen) atoms. The molecule has 0 atom stereocenters. The second kappa shape index (κ2) is 5.44. The van der Waals surface area contributed by atoms with Gasteiger partial charge in [0.15, 0.2) is 0 Å². The number of nitrogens with zero attached hydrogens (tertiary/aromatic N) is 1. The minimum absolute atomic E-state index is 0.0784. The van der Waals surface area contributed by atoms with Crippen LogP contribution in [0, 0.1) is 5.41 Å². The Hall–Kier alpha value is -1.18. The first-order valence-electron chi connectivity index (χ1n) is 6.38. The molecule has 0 spiro atoms. The van der Waals surface area contributed by atoms with Crippen LogP contribution in [0.1, 0.15) is 32.6 Å². The van der Waals surface area contributed by atoms with E-state index in [1.807, 2.05) is 0 Å². The van der Waals surface area contributed by atoms with Crippen molar-refractivity contribution in [2.45, 2.75) is 37.5 Å². The van der Waals surface area contributed by atoms with Gasteiger partial charge >= 0.3 is 0 Å². The second-order valence-electron chi connectivity index (χ2n) is 5.36. The largest absolute Gasteiger partial charge is 0.308 e. The van der Waals surface area contributed by atoms with Gasteiger partial charge in [-0.2, -0.15) is 0 Å². The smallest absolute Gasteiger partial charge is 0.240 e. The normalized spacial score (nSPS) is 18.4. The average molecular weight is 284 g/mol. The van der Waals surface area contributed by atoms with Gasteiger partial charge in [0.2, 0.25) is 10.0 Å². The lowest BCUT2D eigenvalue weighted by Crippen LogP contribution is -2.34. The van der Waals surface area contributed by atoms with Crippen molar-refractivity contribution in [3.05, 3.63) is 18.3 Å². The number of nitrogens with two attached hydrogens (primary N) is 1. The van der Waals surface area contributed by atoms with Gasteiger partial charge in [0, 0.05) is 18.8 Å². The molecular weight excluding hydrogens is 264 g/mol. The maximum absolute atomic E-state index is 12.2. The summed E-state index contributed by atoms with van der Waals surface area (Å²) in [6, 6.07) is 2.87. The highest BCUT2D eigenvalue weighted by atomic mass is 32.2. The molecule has 4 N–H and O–H groups in total. The van der Waals surface area contributed by atoms with Gasteiger partial charge in [-0.15, -0.1) is 0 Å². The minimum atomic E-state index is -3.50. The Kier molecular flexibility index (Phi) is 4.07. The molecule has 0 unspecified atom stereocenters. The van der Waals surface area contributed by atoms with E-state index in [4.69, 9.17) is 5.84 Å². The first kappa shape index (κ1) is 14.2. The molecule has 1 aromatic heterocycles. The molecule has 0 aromatic carbocycles. The standard InChI is InChI=1S/C12H20N4O2S/c1-12(5-2-3-6-12)9-15-19(17,18)10-4-7-14-11(8-10)16-13/h4,7-8,15H,2-3,5-6,9,13H2,1H3,(H,14,16). The van der Waals surface area contributed by atoms with Crippen LogP contribution in [0.5, 0.6) is 0 Å². The van der Waals surface area contributed by atoms with Gasteiger partial charge in [-0.25, -0.2) is 24.0 Å². The van der Waals surface area contributed by atoms with E-state index in [0.717, 1.165) is 12.8 Å². The minimum Gasteiger partial charge on any atom is -0.308 e. The summed E-state index contributed by atoms with van der Waals surface area (Å²) in [7, 11) is -3.50. The zero-order valence-corrected chi connectivity index (χ0v) is 11.8. The first-order chi connectivity index (χ1) is 8.95. The van der Waals surface area contributed by atoms with E-state index in [-0.39, 0.29) is 10.3 Å². The summed E-state index contributed by atoms with van der Waals surface area (Å²) in [6.07, 6.45) is 5.91. The molecule has 0 radical (unpaired) electrons. The summed E-state index contributed by atoms with van der Waals surface area (Å²) in [4.78, 5) is 4.07.